The van der Waals surface area contributed by atoms with Gasteiger partial charge in [0.25, 0.3) is 0 Å². The van der Waals surface area contributed by atoms with E-state index >= 15 is 0 Å². The van der Waals surface area contributed by atoms with E-state index in [1.807, 2.05) is 60.7 Å². The van der Waals surface area contributed by atoms with Crippen LogP contribution in [-0.4, -0.2) is 69.5 Å². The highest BCUT2D eigenvalue weighted by molar-refractivity contribution is 5.90. The van der Waals surface area contributed by atoms with Crippen LogP contribution in [0.15, 0.2) is 66.9 Å². The van der Waals surface area contributed by atoms with Gasteiger partial charge < -0.3 is 30.3 Å². The van der Waals surface area contributed by atoms with Crippen molar-refractivity contribution in [1.29, 1.82) is 0 Å². The highest BCUT2D eigenvalue weighted by Gasteiger charge is 2.32. The number of aromatic nitrogens is 1. The highest BCUT2D eigenvalue weighted by Crippen LogP contribution is 2.26. The number of nitrogens with one attached hydrogen (secondary N) is 1. The lowest BCUT2D eigenvalue weighted by molar-refractivity contribution is -0.120. The summed E-state index contributed by atoms with van der Waals surface area (Å²) in [5, 5.41) is 2.87. The van der Waals surface area contributed by atoms with Gasteiger partial charge in [0.2, 0.25) is 5.91 Å². The number of methoxy groups -OCH3 is 1. The molecule has 0 bridgehead atoms. The van der Waals surface area contributed by atoms with Crippen molar-refractivity contribution in [1.82, 2.24) is 10.3 Å². The second-order valence-corrected chi connectivity index (χ2v) is 9.39. The first-order chi connectivity index (χ1) is 18.5. The molecule has 38 heavy (non-hydrogen) atoms. The van der Waals surface area contributed by atoms with Gasteiger partial charge in [0, 0.05) is 37.6 Å². The van der Waals surface area contributed by atoms with Gasteiger partial charge in [-0.25, -0.2) is 9.78 Å². The molecule has 2 fully saturated rings. The summed E-state index contributed by atoms with van der Waals surface area (Å²) in [4.78, 5) is 35.5. The third-order valence-corrected chi connectivity index (χ3v) is 6.80. The number of pyridine rings is 1. The average molecular weight is 517 g/mol. The van der Waals surface area contributed by atoms with Crippen molar-refractivity contribution >= 4 is 34.9 Å². The quantitative estimate of drug-likeness (QED) is 0.470. The van der Waals surface area contributed by atoms with Crippen LogP contribution in [0.25, 0.3) is 0 Å². The number of ether oxygens (including phenoxy) is 2. The number of carbonyl (C=O) groups excluding carboxylic acids is 2. The molecule has 1 aromatic heterocycles. The van der Waals surface area contributed by atoms with Crippen molar-refractivity contribution in [2.24, 2.45) is 0 Å². The third-order valence-electron chi connectivity index (χ3n) is 6.80. The van der Waals surface area contributed by atoms with Gasteiger partial charge in [-0.05, 0) is 54.1 Å². The van der Waals surface area contributed by atoms with Gasteiger partial charge >= 0.3 is 6.09 Å². The molecule has 0 spiro atoms. The van der Waals surface area contributed by atoms with Crippen LogP contribution in [0.1, 0.15) is 5.56 Å². The number of nitrogen functional groups attached to an aromatic ring is 1. The minimum absolute atomic E-state index is 0.135. The fourth-order valence-electron chi connectivity index (χ4n) is 4.72. The van der Waals surface area contributed by atoms with Crippen LogP contribution in [-0.2, 0) is 16.0 Å². The molecule has 2 aliphatic heterocycles. The Labute approximate surface area is 221 Å². The topological polar surface area (TPSA) is 113 Å². The molecule has 2 amide bonds. The number of nitrogens with zero attached hydrogens (tertiary/aromatic N) is 4. The van der Waals surface area contributed by atoms with Crippen LogP contribution >= 0.6 is 0 Å². The molecule has 3 aromatic rings. The number of benzene rings is 2. The Kier molecular flexibility index (Phi) is 7.48. The lowest BCUT2D eigenvalue weighted by Gasteiger charge is -2.36. The molecular formula is C28H32N6O4. The van der Waals surface area contributed by atoms with Crippen LogP contribution < -0.4 is 30.5 Å². The largest absolute Gasteiger partial charge is 0.497 e. The first-order valence-corrected chi connectivity index (χ1v) is 12.7. The van der Waals surface area contributed by atoms with E-state index in [0.717, 1.165) is 48.9 Å². The molecule has 2 saturated heterocycles. The van der Waals surface area contributed by atoms with Crippen LogP contribution in [0.2, 0.25) is 0 Å². The second kappa shape index (κ2) is 11.3. The molecule has 0 radical (unpaired) electrons. The van der Waals surface area contributed by atoms with E-state index < -0.39 is 12.2 Å². The maximum atomic E-state index is 12.5. The summed E-state index contributed by atoms with van der Waals surface area (Å²) in [5.74, 6) is 1.51. The second-order valence-electron chi connectivity index (χ2n) is 9.39. The fraction of sp³-hybridized carbons (Fsp3) is 0.321. The van der Waals surface area contributed by atoms with Crippen molar-refractivity contribution < 1.29 is 19.1 Å². The van der Waals surface area contributed by atoms with E-state index in [-0.39, 0.29) is 18.9 Å². The minimum atomic E-state index is -0.411. The maximum Gasteiger partial charge on any atom is 0.414 e. The third kappa shape index (κ3) is 5.91. The molecular weight excluding hydrogens is 484 g/mol. The monoisotopic (exact) mass is 516 g/mol. The smallest absolute Gasteiger partial charge is 0.414 e. The SMILES string of the molecule is COc1cccc(CC(=O)NC[C@H]2CN(c3ccc(N4CCN(c5ccc(N)cn5)CC4)cc3)C(=O)O2)c1. The summed E-state index contributed by atoms with van der Waals surface area (Å²) in [6.45, 7) is 4.11. The Balaban J connectivity index is 1.10. The Hall–Kier alpha value is -4.47. The average Bonchev–Trinajstić information content (AvgIpc) is 3.33. The number of nitrogens with two attached hydrogens (primary N) is 1. The molecule has 5 rings (SSSR count). The van der Waals surface area contributed by atoms with Gasteiger partial charge in [0.15, 0.2) is 0 Å². The van der Waals surface area contributed by atoms with E-state index in [1.165, 1.54) is 0 Å². The Bertz CT molecular complexity index is 1260. The Morgan fingerprint density at radius 3 is 2.50 bits per heavy atom. The first kappa shape index (κ1) is 25.2. The number of amides is 2. The zero-order chi connectivity index (χ0) is 26.5. The molecule has 3 heterocycles. The number of rotatable bonds is 8. The summed E-state index contributed by atoms with van der Waals surface area (Å²) in [6.07, 6.45) is 1.10. The molecule has 0 aliphatic carbocycles. The van der Waals surface area contributed by atoms with Gasteiger partial charge in [-0.1, -0.05) is 12.1 Å². The normalized spacial score (nSPS) is 17.3. The standard InChI is InChI=1S/C28H32N6O4/c1-37-24-4-2-3-20(15-24)16-27(35)31-18-25-19-34(28(36)38-25)23-8-6-22(7-9-23)32-11-13-33(14-12-32)26-10-5-21(29)17-30-26/h2-10,15,17,25H,11-14,16,18-19,29H2,1H3,(H,31,35)/t25-/m0/s1. The molecule has 2 aliphatic rings. The number of piperazine rings is 1. The van der Waals surface area contributed by atoms with Gasteiger partial charge in [-0.2, -0.15) is 0 Å². The van der Waals surface area contributed by atoms with E-state index in [9.17, 15) is 9.59 Å². The molecule has 3 N–H and O–H groups in total. The maximum absolute atomic E-state index is 12.5. The zero-order valence-electron chi connectivity index (χ0n) is 21.4. The minimum Gasteiger partial charge on any atom is -0.497 e. The molecule has 198 valence electrons. The van der Waals surface area contributed by atoms with Gasteiger partial charge in [-0.3, -0.25) is 9.69 Å². The van der Waals surface area contributed by atoms with Crippen LogP contribution in [0.3, 0.4) is 0 Å². The highest BCUT2D eigenvalue weighted by atomic mass is 16.6. The number of anilines is 4. The van der Waals surface area contributed by atoms with Crippen molar-refractivity contribution in [3.05, 3.63) is 72.4 Å². The predicted molar refractivity (Wildman–Crippen MR) is 147 cm³/mol. The zero-order valence-corrected chi connectivity index (χ0v) is 21.4. The summed E-state index contributed by atoms with van der Waals surface area (Å²) < 4.78 is 10.7. The lowest BCUT2D eigenvalue weighted by Crippen LogP contribution is -2.46. The van der Waals surface area contributed by atoms with E-state index in [1.54, 1.807) is 18.2 Å². The van der Waals surface area contributed by atoms with Gasteiger partial charge in [-0.15, -0.1) is 0 Å². The Morgan fingerprint density at radius 2 is 1.79 bits per heavy atom. The van der Waals surface area contributed by atoms with Gasteiger partial charge in [0.1, 0.15) is 17.7 Å². The summed E-state index contributed by atoms with van der Waals surface area (Å²) in [5.41, 5.74) is 9.14. The van der Waals surface area contributed by atoms with Crippen molar-refractivity contribution in [2.75, 3.05) is 66.8 Å². The molecule has 2 aromatic carbocycles. The van der Waals surface area contributed by atoms with Gasteiger partial charge in [0.05, 0.1) is 38.5 Å². The number of hydrogen-bond donors (Lipinski definition) is 2. The predicted octanol–water partition coefficient (Wildman–Crippen LogP) is 2.68. The summed E-state index contributed by atoms with van der Waals surface area (Å²) >= 11 is 0. The van der Waals surface area contributed by atoms with Crippen molar-refractivity contribution in [3.63, 3.8) is 0 Å². The summed E-state index contributed by atoms with van der Waals surface area (Å²) in [6, 6.07) is 19.2. The number of carbonyl (C=O) groups is 2. The molecule has 10 heteroatoms. The molecule has 1 atom stereocenters. The van der Waals surface area contributed by atoms with Crippen LogP contribution in [0, 0.1) is 0 Å². The van der Waals surface area contributed by atoms with E-state index in [4.69, 9.17) is 15.2 Å². The fourth-order valence-corrected chi connectivity index (χ4v) is 4.72. The Morgan fingerprint density at radius 1 is 1.05 bits per heavy atom. The van der Waals surface area contributed by atoms with Crippen molar-refractivity contribution in [2.45, 2.75) is 12.5 Å². The van der Waals surface area contributed by atoms with E-state index in [0.29, 0.717) is 18.0 Å². The molecule has 10 nitrogen and oxygen atoms in total. The molecule has 0 saturated carbocycles. The van der Waals surface area contributed by atoms with Crippen molar-refractivity contribution in [3.8, 4) is 5.75 Å². The number of cyclic esters (lactones) is 1. The summed E-state index contributed by atoms with van der Waals surface area (Å²) in [7, 11) is 1.59. The van der Waals surface area contributed by atoms with Crippen LogP contribution in [0.4, 0.5) is 27.7 Å². The number of hydrogen-bond acceptors (Lipinski definition) is 8. The van der Waals surface area contributed by atoms with E-state index in [2.05, 4.69) is 20.1 Å². The van der Waals surface area contributed by atoms with Crippen LogP contribution in [0.5, 0.6) is 5.75 Å². The molecule has 0 unspecified atom stereocenters. The lowest BCUT2D eigenvalue weighted by atomic mass is 10.1. The first-order valence-electron chi connectivity index (χ1n) is 12.7.